The number of aromatic nitrogens is 7. The van der Waals surface area contributed by atoms with Crippen LogP contribution in [0.15, 0.2) is 425 Å². The zero-order chi connectivity index (χ0) is 96.4. The SMILES string of the molecule is CC(=O)C=C(C)O.C[B]P.Cc1cc(-c2ccccc2)c2ccc3c(-c4ccccc4)cc(C)nc3c2n1.FC(F)(F)c1[c-]c(-c2ccccn2)cc(C(F)(F)F)c1.O=C(O)c1ccccn1.[Ir].[Ir].[c-]1c(-c2ccccn2)sc2ccccc12.c1ccc(-c2cc(-c3ccc(-n4c5ccccc5c5ccccc54)cc3)cc(-c3cccc(-c4ccc(-n5c6ccccc6c6ccccc65)cc4)c3)c2)cc1. The van der Waals surface area contributed by atoms with Crippen molar-refractivity contribution in [2.75, 3.05) is 0 Å². The number of carboxylic acid groups (broad SMARTS) is 1. The van der Waals surface area contributed by atoms with Gasteiger partial charge < -0.3 is 29.3 Å². The van der Waals surface area contributed by atoms with Gasteiger partial charge in [0.2, 0.25) is 0 Å². The summed E-state index contributed by atoms with van der Waals surface area (Å²) in [7, 11) is 2.45. The Morgan fingerprint density at radius 1 is 0.379 bits per heavy atom. The Hall–Kier alpha value is -15.0. The first kappa shape index (κ1) is 101. The number of hydrogen-bond acceptors (Lipinski definition) is 9. The van der Waals surface area contributed by atoms with Crippen LogP contribution in [0.25, 0.3) is 175 Å². The van der Waals surface area contributed by atoms with Crippen LogP contribution in [0.3, 0.4) is 0 Å². The Kier molecular flexibility index (Phi) is 33.4. The molecule has 1 atom stereocenters. The molecule has 2 N–H and O–H groups in total. The van der Waals surface area contributed by atoms with E-state index in [1.54, 1.807) is 23.5 Å². The number of benzene rings is 14. The first-order valence-corrected chi connectivity index (χ1v) is 45.7. The Bertz CT molecular complexity index is 7810. The molecule has 0 aliphatic rings. The van der Waals surface area contributed by atoms with E-state index in [1.165, 1.54) is 177 Å². The van der Waals surface area contributed by atoms with Crippen LogP contribution in [0.4, 0.5) is 26.3 Å². The molecule has 1 unspecified atom stereocenters. The van der Waals surface area contributed by atoms with E-state index in [0.29, 0.717) is 6.07 Å². The molecule has 0 saturated heterocycles. The third-order valence-corrected chi connectivity index (χ3v) is 23.6. The van der Waals surface area contributed by atoms with Gasteiger partial charge in [-0.25, -0.2) is 21.1 Å². The number of carboxylic acids is 1. The normalized spacial score (nSPS) is 11.0. The molecule has 8 aromatic heterocycles. The molecule has 695 valence electrons. The molecule has 22 rings (SSSR count). The maximum atomic E-state index is 12.7. The Morgan fingerprint density at radius 2 is 0.750 bits per heavy atom. The molecule has 0 bridgehead atoms. The second-order valence-corrected chi connectivity index (χ2v) is 33.9. The van der Waals surface area contributed by atoms with E-state index >= 15 is 0 Å². The van der Waals surface area contributed by atoms with Crippen molar-refractivity contribution < 1.29 is 86.4 Å². The number of alkyl halides is 6. The second-order valence-electron chi connectivity index (χ2n) is 32.2. The largest absolute Gasteiger partial charge is 0.512 e. The molecular formula is C118H88BF6Ir2N7O4PS-2. The summed E-state index contributed by atoms with van der Waals surface area (Å²) in [5, 5.41) is 25.2. The van der Waals surface area contributed by atoms with Crippen molar-refractivity contribution in [3.63, 3.8) is 0 Å². The standard InChI is InChI=1S/C54H36N2.C26H20N2.C13H6F6N.C13H8NS.C6H5NO2.C5H8O2.CH5BP.2Ir/c1-2-13-37(14-3-1)42-34-43(39-27-31-46(32-28-39)56-53-23-10-6-19-49(53)50-20-7-11-24-54(50)56)36-44(35-42)41-16-12-15-40(33-41)38-25-29-45(30-26-38)55-51-21-8-4-17-47(51)48-18-5-9-22-52(48)55;1-17-15-23(19-9-5-3-6-10-19)21-13-14-22-24(20-11-7-4-8-12-20)16-18(2)28-26(22)25(21)27-17;14-12(15,16)9-5-8(11-3-1-2-4-20-11)6-10(7-9)13(17,18)19;1-2-7-12-10(5-1)9-13(15-12)11-6-3-4-8-14-11;8-6(9)5-3-1-2-4-7-5;1-4(6)3-5(2)7;1-2-3;;/h1-36H;3-16H,1-2H3;1-5,7H;1-8H;1-4H,(H,8,9);3,6H,1-2H3;3H2,1H3;;/q;;2*-1;;;;;. The Balaban J connectivity index is 0.000000154. The monoisotopic (exact) mass is 2240 g/mol. The van der Waals surface area contributed by atoms with Gasteiger partial charge >= 0.3 is 18.3 Å². The number of aryl methyl sites for hydroxylation is 2. The molecule has 0 aliphatic carbocycles. The molecule has 0 saturated carbocycles. The molecule has 8 heterocycles. The van der Waals surface area contributed by atoms with Gasteiger partial charge in [0.05, 0.1) is 38.9 Å². The fourth-order valence-corrected chi connectivity index (χ4v) is 17.4. The number of aromatic carboxylic acids is 1. The zero-order valence-electron chi connectivity index (χ0n) is 76.2. The first-order chi connectivity index (χ1) is 66.9. The van der Waals surface area contributed by atoms with Crippen molar-refractivity contribution in [1.29, 1.82) is 0 Å². The number of ketones is 1. The average molecular weight is 2240 g/mol. The molecule has 11 nitrogen and oxygen atoms in total. The van der Waals surface area contributed by atoms with Crippen LogP contribution >= 0.6 is 20.5 Å². The number of fused-ring (bicyclic) bond motifs is 10. The van der Waals surface area contributed by atoms with Gasteiger partial charge in [-0.1, -0.05) is 268 Å². The number of allylic oxidation sites excluding steroid dienone is 2. The van der Waals surface area contributed by atoms with Crippen LogP contribution in [0.1, 0.15) is 46.9 Å². The fraction of sp³-hybridized carbons (Fsp3) is 0.0593. The summed E-state index contributed by atoms with van der Waals surface area (Å²) in [6, 6.07) is 138. The summed E-state index contributed by atoms with van der Waals surface area (Å²) >= 11 is 1.73. The summed E-state index contributed by atoms with van der Waals surface area (Å²) in [5.74, 6) is -1.05. The molecule has 0 amide bonds. The van der Waals surface area contributed by atoms with E-state index in [1.807, 2.05) is 62.5 Å². The summed E-state index contributed by atoms with van der Waals surface area (Å²) in [6.07, 6.45) is -4.09. The molecule has 0 aliphatic heterocycles. The smallest absolute Gasteiger partial charge is 0.399 e. The number of nitrogens with zero attached hydrogens (tertiary/aromatic N) is 7. The number of halogens is 6. The molecule has 3 radical (unpaired) electrons. The van der Waals surface area contributed by atoms with Crippen molar-refractivity contribution in [1.82, 2.24) is 34.1 Å². The Labute approximate surface area is 840 Å². The summed E-state index contributed by atoms with van der Waals surface area (Å²) in [6.45, 7) is 10.8. The molecule has 0 spiro atoms. The van der Waals surface area contributed by atoms with E-state index in [0.717, 1.165) is 55.1 Å². The third-order valence-electron chi connectivity index (χ3n) is 22.5. The van der Waals surface area contributed by atoms with Gasteiger partial charge in [-0.3, -0.25) is 14.8 Å². The minimum Gasteiger partial charge on any atom is -0.512 e. The number of carbonyl (C=O) groups excluding carboxylic acids is 1. The van der Waals surface area contributed by atoms with E-state index in [4.69, 9.17) is 20.2 Å². The maximum absolute atomic E-state index is 12.7. The van der Waals surface area contributed by atoms with Gasteiger partial charge in [-0.15, -0.1) is 47.3 Å². The van der Waals surface area contributed by atoms with Crippen molar-refractivity contribution in [2.45, 2.75) is 46.9 Å². The van der Waals surface area contributed by atoms with Crippen LogP contribution < -0.4 is 0 Å². The number of aliphatic hydroxyl groups is 1. The van der Waals surface area contributed by atoms with E-state index in [2.05, 4.69) is 363 Å². The molecule has 14 aromatic carbocycles. The van der Waals surface area contributed by atoms with Gasteiger partial charge in [-0.2, -0.15) is 35.5 Å². The van der Waals surface area contributed by atoms with Gasteiger partial charge in [0.15, 0.2) is 5.78 Å². The quantitative estimate of drug-likeness (QED) is 0.0232. The van der Waals surface area contributed by atoms with Gasteiger partial charge in [0, 0.05) is 126 Å². The van der Waals surface area contributed by atoms with E-state index < -0.39 is 29.4 Å². The van der Waals surface area contributed by atoms with Crippen molar-refractivity contribution in [3.8, 4) is 100.0 Å². The number of pyridine rings is 5. The summed E-state index contributed by atoms with van der Waals surface area (Å²) in [4.78, 5) is 42.7. The van der Waals surface area contributed by atoms with Crippen LogP contribution in [-0.2, 0) is 57.4 Å². The van der Waals surface area contributed by atoms with Gasteiger partial charge in [-0.05, 0) is 230 Å². The number of rotatable bonds is 12. The number of carbonyl (C=O) groups is 2. The van der Waals surface area contributed by atoms with Crippen LogP contribution in [0, 0.1) is 26.0 Å². The average Bonchev–Trinajstić information content (AvgIpc) is 1.47. The van der Waals surface area contributed by atoms with Gasteiger partial charge in [0.1, 0.15) is 12.7 Å². The fourth-order valence-electron chi connectivity index (χ4n) is 16.4. The second kappa shape index (κ2) is 46.4. The first-order valence-electron chi connectivity index (χ1n) is 44.2. The molecular weight excluding hydrogens is 2150 g/mol. The number of hydrogen-bond donors (Lipinski definition) is 2. The van der Waals surface area contributed by atoms with E-state index in [9.17, 15) is 35.9 Å². The predicted molar refractivity (Wildman–Crippen MR) is 556 cm³/mol. The minimum absolute atomic E-state index is 0. The number of para-hydroxylation sites is 4. The van der Waals surface area contributed by atoms with Crippen LogP contribution in [0.2, 0.25) is 6.82 Å². The van der Waals surface area contributed by atoms with Crippen molar-refractivity contribution in [3.05, 3.63) is 465 Å². The third kappa shape index (κ3) is 24.2. The Morgan fingerprint density at radius 3 is 1.14 bits per heavy atom. The molecule has 0 fully saturated rings. The summed E-state index contributed by atoms with van der Waals surface area (Å²) in [5.41, 5.74) is 23.3. The van der Waals surface area contributed by atoms with Crippen molar-refractivity contribution >= 4 is 115 Å². The predicted octanol–water partition coefficient (Wildman–Crippen LogP) is 32.0. The van der Waals surface area contributed by atoms with Crippen LogP contribution in [-0.4, -0.2) is 63.0 Å². The zero-order valence-corrected chi connectivity index (χ0v) is 82.9. The van der Waals surface area contributed by atoms with Gasteiger partial charge in [0.25, 0.3) is 0 Å². The van der Waals surface area contributed by atoms with Crippen molar-refractivity contribution in [2.24, 2.45) is 0 Å². The molecule has 22 heteroatoms. The van der Waals surface area contributed by atoms with E-state index in [-0.39, 0.29) is 74.8 Å². The molecule has 22 aromatic rings. The number of aliphatic hydroxyl groups excluding tert-OH is 1. The molecule has 140 heavy (non-hydrogen) atoms. The topological polar surface area (TPSA) is 149 Å². The van der Waals surface area contributed by atoms with Crippen LogP contribution in [0.5, 0.6) is 0 Å². The number of thiophene rings is 1. The maximum Gasteiger partial charge on any atom is 0.399 e. The summed E-state index contributed by atoms with van der Waals surface area (Å²) < 4.78 is 81.9. The minimum atomic E-state index is -4.91.